The monoisotopic (exact) mass is 449 g/mol. The molecule has 0 aliphatic carbocycles. The van der Waals surface area contributed by atoms with Crippen LogP contribution in [-0.2, 0) is 11.3 Å². The number of nitrogens with one attached hydrogen (secondary N) is 1. The summed E-state index contributed by atoms with van der Waals surface area (Å²) in [4.78, 5) is 34.7. The van der Waals surface area contributed by atoms with Crippen molar-refractivity contribution in [2.75, 3.05) is 13.7 Å². The molecule has 4 rings (SSSR count). The molecule has 0 spiro atoms. The number of hydrogen-bond acceptors (Lipinski definition) is 4. The summed E-state index contributed by atoms with van der Waals surface area (Å²) >= 11 is 6.05. The van der Waals surface area contributed by atoms with Crippen molar-refractivity contribution in [1.29, 1.82) is 0 Å². The highest BCUT2D eigenvalue weighted by molar-refractivity contribution is 6.31. The SMILES string of the molecule is CCN(Cc1nc2cc(Cl)ccc2c(=O)[nH]1)C(=O)[C@H](C)c1ccc2cc(OC)ccc2c1. The van der Waals surface area contributed by atoms with Crippen molar-refractivity contribution in [2.45, 2.75) is 26.3 Å². The number of likely N-dealkylation sites (N-methyl/N-ethyl adjacent to an activating group) is 1. The zero-order valence-corrected chi connectivity index (χ0v) is 18.9. The Hall–Kier alpha value is -3.38. The molecule has 3 aromatic carbocycles. The number of ether oxygens (including phenoxy) is 1. The third-order valence-corrected chi connectivity index (χ3v) is 5.93. The summed E-state index contributed by atoms with van der Waals surface area (Å²) in [5.41, 5.74) is 1.19. The number of aromatic amines is 1. The van der Waals surface area contributed by atoms with Gasteiger partial charge in [-0.05, 0) is 60.5 Å². The lowest BCUT2D eigenvalue weighted by Gasteiger charge is -2.24. The number of methoxy groups -OCH3 is 1. The van der Waals surface area contributed by atoms with Gasteiger partial charge < -0.3 is 14.6 Å². The Morgan fingerprint density at radius 3 is 2.62 bits per heavy atom. The van der Waals surface area contributed by atoms with Gasteiger partial charge in [-0.3, -0.25) is 9.59 Å². The summed E-state index contributed by atoms with van der Waals surface area (Å²) in [5, 5.41) is 3.07. The predicted octanol–water partition coefficient (Wildman–Crippen LogP) is 4.89. The summed E-state index contributed by atoms with van der Waals surface area (Å²) in [6.07, 6.45) is 0. The minimum atomic E-state index is -0.344. The van der Waals surface area contributed by atoms with Gasteiger partial charge in [0.05, 0.1) is 30.5 Å². The number of aromatic nitrogens is 2. The lowest BCUT2D eigenvalue weighted by molar-refractivity contribution is -0.133. The maximum absolute atomic E-state index is 13.3. The van der Waals surface area contributed by atoms with Crippen LogP contribution in [0.4, 0.5) is 0 Å². The average Bonchev–Trinajstić information content (AvgIpc) is 2.80. The number of amides is 1. The Morgan fingerprint density at radius 1 is 1.12 bits per heavy atom. The number of nitrogens with zero attached hydrogens (tertiary/aromatic N) is 2. The zero-order chi connectivity index (χ0) is 22.8. The van der Waals surface area contributed by atoms with Crippen molar-refractivity contribution in [1.82, 2.24) is 14.9 Å². The fourth-order valence-corrected chi connectivity index (χ4v) is 3.98. The lowest BCUT2D eigenvalue weighted by Crippen LogP contribution is -2.34. The van der Waals surface area contributed by atoms with Gasteiger partial charge in [0.15, 0.2) is 0 Å². The normalized spacial score (nSPS) is 12.1. The molecule has 1 aromatic heterocycles. The van der Waals surface area contributed by atoms with Gasteiger partial charge in [0, 0.05) is 11.6 Å². The van der Waals surface area contributed by atoms with Crippen molar-refractivity contribution in [2.24, 2.45) is 0 Å². The second kappa shape index (κ2) is 9.01. The molecule has 0 unspecified atom stereocenters. The number of rotatable bonds is 6. The van der Waals surface area contributed by atoms with E-state index in [4.69, 9.17) is 16.3 Å². The molecule has 1 atom stereocenters. The van der Waals surface area contributed by atoms with Crippen LogP contribution in [0.3, 0.4) is 0 Å². The van der Waals surface area contributed by atoms with Gasteiger partial charge in [-0.2, -0.15) is 0 Å². The van der Waals surface area contributed by atoms with Gasteiger partial charge in [-0.15, -0.1) is 0 Å². The van der Waals surface area contributed by atoms with E-state index in [1.54, 1.807) is 30.2 Å². The number of fused-ring (bicyclic) bond motifs is 2. The van der Waals surface area contributed by atoms with Gasteiger partial charge in [-0.25, -0.2) is 4.98 Å². The van der Waals surface area contributed by atoms with Crippen molar-refractivity contribution >= 4 is 39.2 Å². The van der Waals surface area contributed by atoms with Crippen LogP contribution in [0, 0.1) is 0 Å². The van der Waals surface area contributed by atoms with E-state index in [1.165, 1.54) is 0 Å². The number of benzene rings is 3. The molecule has 0 aliphatic heterocycles. The Labute approximate surface area is 190 Å². The molecule has 1 N–H and O–H groups in total. The fraction of sp³-hybridized carbons (Fsp3) is 0.240. The third-order valence-electron chi connectivity index (χ3n) is 5.69. The minimum Gasteiger partial charge on any atom is -0.497 e. The third kappa shape index (κ3) is 4.32. The molecule has 4 aromatic rings. The Morgan fingerprint density at radius 2 is 1.88 bits per heavy atom. The number of carbonyl (C=O) groups excluding carboxylic acids is 1. The molecule has 32 heavy (non-hydrogen) atoms. The molecular weight excluding hydrogens is 426 g/mol. The highest BCUT2D eigenvalue weighted by Gasteiger charge is 2.22. The Kier molecular flexibility index (Phi) is 6.15. The van der Waals surface area contributed by atoms with Gasteiger partial charge in [0.25, 0.3) is 5.56 Å². The topological polar surface area (TPSA) is 75.3 Å². The van der Waals surface area contributed by atoms with Gasteiger partial charge in [-0.1, -0.05) is 35.9 Å². The number of H-pyrrole nitrogens is 1. The van der Waals surface area contributed by atoms with E-state index in [1.807, 2.05) is 50.2 Å². The van der Waals surface area contributed by atoms with E-state index in [0.29, 0.717) is 28.3 Å². The van der Waals surface area contributed by atoms with E-state index < -0.39 is 0 Å². The summed E-state index contributed by atoms with van der Waals surface area (Å²) in [6, 6.07) is 16.8. The first kappa shape index (κ1) is 21.8. The van der Waals surface area contributed by atoms with Crippen molar-refractivity contribution in [3.05, 3.63) is 81.4 Å². The minimum absolute atomic E-state index is 0.0331. The molecule has 0 radical (unpaired) electrons. The molecule has 0 saturated carbocycles. The van der Waals surface area contributed by atoms with Crippen LogP contribution < -0.4 is 10.3 Å². The summed E-state index contributed by atoms with van der Waals surface area (Å²) in [6.45, 7) is 4.51. The van der Waals surface area contributed by atoms with E-state index >= 15 is 0 Å². The number of halogens is 1. The van der Waals surface area contributed by atoms with Crippen LogP contribution in [0.25, 0.3) is 21.7 Å². The van der Waals surface area contributed by atoms with Crippen LogP contribution in [0.1, 0.15) is 31.2 Å². The molecule has 0 saturated heterocycles. The molecule has 1 heterocycles. The molecule has 0 fully saturated rings. The van der Waals surface area contributed by atoms with Crippen LogP contribution in [-0.4, -0.2) is 34.4 Å². The van der Waals surface area contributed by atoms with Crippen LogP contribution in [0.2, 0.25) is 5.02 Å². The maximum atomic E-state index is 13.3. The summed E-state index contributed by atoms with van der Waals surface area (Å²) in [5.74, 6) is 0.847. The van der Waals surface area contributed by atoms with E-state index in [0.717, 1.165) is 22.1 Å². The number of carbonyl (C=O) groups is 1. The molecule has 1 amide bonds. The van der Waals surface area contributed by atoms with Crippen LogP contribution >= 0.6 is 11.6 Å². The lowest BCUT2D eigenvalue weighted by atomic mass is 9.96. The van der Waals surface area contributed by atoms with Crippen LogP contribution in [0.5, 0.6) is 5.75 Å². The standard InChI is InChI=1S/C25H24ClN3O3/c1-4-29(14-23-27-22-13-19(26)8-10-21(22)24(30)28-23)25(31)15(2)16-5-6-18-12-20(32-3)9-7-17(18)11-16/h5-13,15H,4,14H2,1-3H3,(H,27,28,30)/t15-/m1/s1. The molecule has 164 valence electrons. The van der Waals surface area contributed by atoms with E-state index in [-0.39, 0.29) is 23.9 Å². The fourth-order valence-electron chi connectivity index (χ4n) is 3.82. The van der Waals surface area contributed by atoms with Gasteiger partial charge in [0.2, 0.25) is 5.91 Å². The highest BCUT2D eigenvalue weighted by Crippen LogP contribution is 2.26. The molecular formula is C25H24ClN3O3. The first-order valence-electron chi connectivity index (χ1n) is 10.4. The van der Waals surface area contributed by atoms with Crippen LogP contribution in [0.15, 0.2) is 59.4 Å². The summed E-state index contributed by atoms with van der Waals surface area (Å²) in [7, 11) is 1.64. The summed E-state index contributed by atoms with van der Waals surface area (Å²) < 4.78 is 5.28. The highest BCUT2D eigenvalue weighted by atomic mass is 35.5. The second-order valence-corrected chi connectivity index (χ2v) is 8.16. The van der Waals surface area contributed by atoms with E-state index in [2.05, 4.69) is 9.97 Å². The first-order valence-corrected chi connectivity index (χ1v) is 10.8. The van der Waals surface area contributed by atoms with Gasteiger partial charge in [0.1, 0.15) is 11.6 Å². The van der Waals surface area contributed by atoms with Crippen molar-refractivity contribution in [3.8, 4) is 5.75 Å². The smallest absolute Gasteiger partial charge is 0.258 e. The molecule has 0 aliphatic rings. The predicted molar refractivity (Wildman–Crippen MR) is 127 cm³/mol. The van der Waals surface area contributed by atoms with Crippen molar-refractivity contribution < 1.29 is 9.53 Å². The van der Waals surface area contributed by atoms with E-state index in [9.17, 15) is 9.59 Å². The molecule has 0 bridgehead atoms. The molecule has 6 nitrogen and oxygen atoms in total. The van der Waals surface area contributed by atoms with Gasteiger partial charge >= 0.3 is 0 Å². The molecule has 7 heteroatoms. The Bertz CT molecular complexity index is 1370. The first-order chi connectivity index (χ1) is 15.4. The maximum Gasteiger partial charge on any atom is 0.258 e. The number of hydrogen-bond donors (Lipinski definition) is 1. The largest absolute Gasteiger partial charge is 0.497 e. The quantitative estimate of drug-likeness (QED) is 0.454. The average molecular weight is 450 g/mol. The van der Waals surface area contributed by atoms with Crippen molar-refractivity contribution in [3.63, 3.8) is 0 Å². The Balaban J connectivity index is 1.59. The zero-order valence-electron chi connectivity index (χ0n) is 18.2. The second-order valence-electron chi connectivity index (χ2n) is 7.72.